The van der Waals surface area contributed by atoms with E-state index >= 15 is 0 Å². The van der Waals surface area contributed by atoms with E-state index in [1.54, 1.807) is 0 Å². The van der Waals surface area contributed by atoms with Crippen molar-refractivity contribution in [2.75, 3.05) is 26.4 Å². The highest BCUT2D eigenvalue weighted by Crippen LogP contribution is 2.15. The van der Waals surface area contributed by atoms with Crippen LogP contribution in [-0.4, -0.2) is 26.4 Å². The van der Waals surface area contributed by atoms with Crippen molar-refractivity contribution in [3.05, 3.63) is 11.6 Å². The third-order valence-electron chi connectivity index (χ3n) is 2.15. The van der Waals surface area contributed by atoms with Crippen LogP contribution in [0, 0.1) is 5.92 Å². The molecule has 1 unspecified atom stereocenters. The fourth-order valence-electron chi connectivity index (χ4n) is 1.25. The molecule has 0 N–H and O–H groups in total. The smallest absolute Gasteiger partial charge is 0.0650 e. The first kappa shape index (κ1) is 9.75. The highest BCUT2D eigenvalue weighted by Gasteiger charge is 2.14. The molecule has 0 bridgehead atoms. The summed E-state index contributed by atoms with van der Waals surface area (Å²) in [7, 11) is 0. The minimum absolute atomic E-state index is 0.491. The van der Waals surface area contributed by atoms with Crippen molar-refractivity contribution in [3.63, 3.8) is 0 Å². The van der Waals surface area contributed by atoms with Gasteiger partial charge in [0.05, 0.1) is 19.8 Å². The van der Waals surface area contributed by atoms with E-state index in [1.165, 1.54) is 5.57 Å². The lowest BCUT2D eigenvalue weighted by Crippen LogP contribution is -2.21. The molecule has 0 aliphatic carbocycles. The van der Waals surface area contributed by atoms with Crippen molar-refractivity contribution in [1.29, 1.82) is 0 Å². The van der Waals surface area contributed by atoms with Crippen LogP contribution in [0.3, 0.4) is 0 Å². The third kappa shape index (κ3) is 2.95. The Morgan fingerprint density at radius 3 is 3.17 bits per heavy atom. The van der Waals surface area contributed by atoms with Crippen LogP contribution in [0.1, 0.15) is 20.3 Å². The second-order valence-corrected chi connectivity index (χ2v) is 3.26. The van der Waals surface area contributed by atoms with Gasteiger partial charge >= 0.3 is 0 Å². The molecule has 1 aliphatic rings. The van der Waals surface area contributed by atoms with Crippen LogP contribution in [0.25, 0.3) is 0 Å². The van der Waals surface area contributed by atoms with Gasteiger partial charge in [0.2, 0.25) is 0 Å². The van der Waals surface area contributed by atoms with Gasteiger partial charge in [-0.3, -0.25) is 0 Å². The van der Waals surface area contributed by atoms with Gasteiger partial charge in [0.1, 0.15) is 0 Å². The van der Waals surface area contributed by atoms with Crippen LogP contribution in [0.4, 0.5) is 0 Å². The molecule has 0 aromatic rings. The molecule has 0 aromatic heterocycles. The minimum atomic E-state index is 0.491. The highest BCUT2D eigenvalue weighted by molar-refractivity contribution is 5.06. The average molecular weight is 170 g/mol. The van der Waals surface area contributed by atoms with E-state index < -0.39 is 0 Å². The molecule has 1 rings (SSSR count). The molecule has 2 heteroatoms. The Labute approximate surface area is 74.6 Å². The van der Waals surface area contributed by atoms with E-state index in [0.717, 1.165) is 32.8 Å². The predicted octanol–water partition coefficient (Wildman–Crippen LogP) is 2.01. The summed E-state index contributed by atoms with van der Waals surface area (Å²) in [6, 6.07) is 0. The number of hydrogen-bond acceptors (Lipinski definition) is 2. The maximum Gasteiger partial charge on any atom is 0.0650 e. The molecule has 0 spiro atoms. The molecule has 1 heterocycles. The Morgan fingerprint density at radius 1 is 1.67 bits per heavy atom. The molecule has 2 nitrogen and oxygen atoms in total. The first-order valence-corrected chi connectivity index (χ1v) is 4.66. The van der Waals surface area contributed by atoms with Crippen LogP contribution in [0.5, 0.6) is 0 Å². The third-order valence-corrected chi connectivity index (χ3v) is 2.15. The molecule has 70 valence electrons. The molecule has 0 saturated heterocycles. The molecule has 1 aliphatic heterocycles. The molecule has 0 aromatic carbocycles. The summed E-state index contributed by atoms with van der Waals surface area (Å²) in [5.41, 5.74) is 1.41. The number of rotatable bonds is 4. The van der Waals surface area contributed by atoms with E-state index in [4.69, 9.17) is 9.47 Å². The van der Waals surface area contributed by atoms with Gasteiger partial charge in [-0.05, 0) is 13.3 Å². The second-order valence-electron chi connectivity index (χ2n) is 3.26. The molecule has 12 heavy (non-hydrogen) atoms. The average Bonchev–Trinajstić information content (AvgIpc) is 2.09. The van der Waals surface area contributed by atoms with E-state index in [0.29, 0.717) is 5.92 Å². The normalized spacial score (nSPS) is 23.8. The van der Waals surface area contributed by atoms with Crippen molar-refractivity contribution in [3.8, 4) is 0 Å². The Bertz CT molecular complexity index is 152. The van der Waals surface area contributed by atoms with Gasteiger partial charge in [-0.2, -0.15) is 0 Å². The van der Waals surface area contributed by atoms with Gasteiger partial charge in [0.25, 0.3) is 0 Å². The molecule has 0 fully saturated rings. The summed E-state index contributed by atoms with van der Waals surface area (Å²) >= 11 is 0. The largest absolute Gasteiger partial charge is 0.381 e. The van der Waals surface area contributed by atoms with Crippen molar-refractivity contribution >= 4 is 0 Å². The van der Waals surface area contributed by atoms with Crippen molar-refractivity contribution < 1.29 is 9.47 Å². The van der Waals surface area contributed by atoms with Crippen molar-refractivity contribution in [2.45, 2.75) is 20.3 Å². The second kappa shape index (κ2) is 5.33. The summed E-state index contributed by atoms with van der Waals surface area (Å²) in [5.74, 6) is 0.491. The summed E-state index contributed by atoms with van der Waals surface area (Å²) in [5, 5.41) is 0. The van der Waals surface area contributed by atoms with Gasteiger partial charge < -0.3 is 9.47 Å². The summed E-state index contributed by atoms with van der Waals surface area (Å²) in [6.45, 7) is 7.56. The number of ether oxygens (including phenoxy) is 2. The first-order valence-electron chi connectivity index (χ1n) is 4.66. The Morgan fingerprint density at radius 2 is 2.50 bits per heavy atom. The molecular formula is C10H18O2. The minimum Gasteiger partial charge on any atom is -0.381 e. The highest BCUT2D eigenvalue weighted by atomic mass is 16.5. The molecule has 0 saturated carbocycles. The fraction of sp³-hybridized carbons (Fsp3) is 0.800. The maximum atomic E-state index is 5.47. The van der Waals surface area contributed by atoms with E-state index in [-0.39, 0.29) is 0 Å². The van der Waals surface area contributed by atoms with E-state index in [9.17, 15) is 0 Å². The lowest BCUT2D eigenvalue weighted by molar-refractivity contribution is 0.0523. The summed E-state index contributed by atoms with van der Waals surface area (Å²) < 4.78 is 10.8. The zero-order valence-electron chi connectivity index (χ0n) is 8.01. The van der Waals surface area contributed by atoms with Gasteiger partial charge in [-0.15, -0.1) is 0 Å². The fourth-order valence-corrected chi connectivity index (χ4v) is 1.25. The molecule has 0 radical (unpaired) electrons. The first-order chi connectivity index (χ1) is 5.84. The number of hydrogen-bond donors (Lipinski definition) is 0. The Balaban J connectivity index is 2.21. The van der Waals surface area contributed by atoms with Gasteiger partial charge in [0.15, 0.2) is 0 Å². The maximum absolute atomic E-state index is 5.47. The zero-order valence-corrected chi connectivity index (χ0v) is 8.01. The lowest BCUT2D eigenvalue weighted by atomic mass is 10.0. The summed E-state index contributed by atoms with van der Waals surface area (Å²) in [4.78, 5) is 0. The van der Waals surface area contributed by atoms with Crippen molar-refractivity contribution in [2.24, 2.45) is 5.92 Å². The van der Waals surface area contributed by atoms with Gasteiger partial charge in [-0.25, -0.2) is 0 Å². The Kier molecular flexibility index (Phi) is 4.33. The van der Waals surface area contributed by atoms with Crippen molar-refractivity contribution in [1.82, 2.24) is 0 Å². The molecule has 0 amide bonds. The quantitative estimate of drug-likeness (QED) is 0.474. The topological polar surface area (TPSA) is 18.5 Å². The van der Waals surface area contributed by atoms with Gasteiger partial charge in [0, 0.05) is 12.5 Å². The molecule has 1 atom stereocenters. The van der Waals surface area contributed by atoms with Crippen LogP contribution in [0.2, 0.25) is 0 Å². The SMILES string of the molecule is CCCOCC1COCC=C1C. The van der Waals surface area contributed by atoms with Crippen LogP contribution in [0.15, 0.2) is 11.6 Å². The van der Waals surface area contributed by atoms with Crippen LogP contribution < -0.4 is 0 Å². The summed E-state index contributed by atoms with van der Waals surface area (Å²) in [6.07, 6.45) is 3.24. The zero-order chi connectivity index (χ0) is 8.81. The van der Waals surface area contributed by atoms with E-state index in [1.807, 2.05) is 0 Å². The van der Waals surface area contributed by atoms with Gasteiger partial charge in [-0.1, -0.05) is 18.6 Å². The standard InChI is InChI=1S/C10H18O2/c1-3-5-11-7-10-8-12-6-4-9(10)2/h4,10H,3,5-8H2,1-2H3. The van der Waals surface area contributed by atoms with Crippen LogP contribution in [-0.2, 0) is 9.47 Å². The van der Waals surface area contributed by atoms with E-state index in [2.05, 4.69) is 19.9 Å². The monoisotopic (exact) mass is 170 g/mol. The predicted molar refractivity (Wildman–Crippen MR) is 49.2 cm³/mol. The van der Waals surface area contributed by atoms with Crippen LogP contribution >= 0.6 is 0 Å². The Hall–Kier alpha value is -0.340. The molecular weight excluding hydrogens is 152 g/mol. The lowest BCUT2D eigenvalue weighted by Gasteiger charge is -2.21.